The molecule has 0 aliphatic carbocycles. The van der Waals surface area contributed by atoms with Crippen LogP contribution in [0.5, 0.6) is 11.5 Å². The quantitative estimate of drug-likeness (QED) is 0.152. The summed E-state index contributed by atoms with van der Waals surface area (Å²) in [7, 11) is 3.35. The first-order valence-corrected chi connectivity index (χ1v) is 13.7. The number of nitrogens with zero attached hydrogens (tertiary/aromatic N) is 1. The number of benzene rings is 4. The van der Waals surface area contributed by atoms with E-state index in [0.29, 0.717) is 5.75 Å². The molecule has 4 aromatic carbocycles. The van der Waals surface area contributed by atoms with Crippen molar-refractivity contribution < 1.29 is 9.47 Å². The molecule has 5 rings (SSSR count). The van der Waals surface area contributed by atoms with Crippen molar-refractivity contribution >= 4 is 55.0 Å². The van der Waals surface area contributed by atoms with Crippen molar-refractivity contribution in [2.75, 3.05) is 14.2 Å². The topological polar surface area (TPSA) is 31.4 Å². The number of rotatable bonds is 3. The Hall–Kier alpha value is -2.86. The Kier molecular flexibility index (Phi) is 6.38. The fourth-order valence-electron chi connectivity index (χ4n) is 5.07. The number of pyridine rings is 1. The van der Waals surface area contributed by atoms with E-state index in [1.54, 1.807) is 14.2 Å². The van der Waals surface area contributed by atoms with E-state index in [1.807, 2.05) is 12.3 Å². The Morgan fingerprint density at radius 2 is 1.27 bits per heavy atom. The van der Waals surface area contributed by atoms with Gasteiger partial charge in [0.2, 0.25) is 0 Å². The molecule has 0 aliphatic heterocycles. The smallest absolute Gasteiger partial charge is 0.161 e. The third-order valence-electron chi connectivity index (χ3n) is 7.29. The molecule has 5 aromatic rings. The van der Waals surface area contributed by atoms with Crippen LogP contribution in [-0.2, 0) is 10.8 Å². The van der Waals surface area contributed by atoms with Gasteiger partial charge in [-0.05, 0) is 84.5 Å². The minimum Gasteiger partial charge on any atom is -0.493 e. The Morgan fingerprint density at radius 1 is 0.676 bits per heavy atom. The van der Waals surface area contributed by atoms with Crippen LogP contribution in [0.4, 0.5) is 0 Å². The standard InChI is InChI=1S/C33H34INO2/c1-32(2,3)21-11-9-19(10-12-21)28-25-16-22(33(4,5)6)13-14-23(25)29-24-17-27(37-8)26(36-7)15-20(24)18-35-31(29)30(28)34/h9-18H,1-8H3. The molecule has 37 heavy (non-hydrogen) atoms. The molecule has 0 N–H and O–H groups in total. The van der Waals surface area contributed by atoms with Crippen LogP contribution in [0.25, 0.3) is 43.6 Å². The largest absolute Gasteiger partial charge is 0.493 e. The fraction of sp³-hybridized carbons (Fsp3) is 0.303. The number of fused-ring (bicyclic) bond motifs is 5. The van der Waals surface area contributed by atoms with Gasteiger partial charge in [0.05, 0.1) is 19.7 Å². The summed E-state index contributed by atoms with van der Waals surface area (Å²) in [6.07, 6.45) is 1.95. The zero-order chi connectivity index (χ0) is 26.7. The molecular weight excluding hydrogens is 569 g/mol. The van der Waals surface area contributed by atoms with E-state index in [1.165, 1.54) is 33.0 Å². The lowest BCUT2D eigenvalue weighted by Gasteiger charge is -2.23. The first-order valence-electron chi connectivity index (χ1n) is 12.6. The van der Waals surface area contributed by atoms with Gasteiger partial charge < -0.3 is 9.47 Å². The number of aromatic nitrogens is 1. The molecule has 0 radical (unpaired) electrons. The van der Waals surface area contributed by atoms with Crippen molar-refractivity contribution in [3.8, 4) is 22.6 Å². The molecule has 1 aromatic heterocycles. The minimum atomic E-state index is 0.0372. The highest BCUT2D eigenvalue weighted by atomic mass is 127. The van der Waals surface area contributed by atoms with Crippen LogP contribution < -0.4 is 9.47 Å². The SMILES string of the molecule is COc1cc2cnc3c(I)c(-c4ccc(C(C)(C)C)cc4)c4cc(C(C)(C)C)ccc4c3c2cc1OC. The van der Waals surface area contributed by atoms with Gasteiger partial charge >= 0.3 is 0 Å². The molecule has 0 fully saturated rings. The van der Waals surface area contributed by atoms with Gasteiger partial charge in [-0.2, -0.15) is 0 Å². The van der Waals surface area contributed by atoms with Gasteiger partial charge in [-0.1, -0.05) is 77.9 Å². The van der Waals surface area contributed by atoms with Crippen molar-refractivity contribution in [1.29, 1.82) is 0 Å². The molecule has 0 atom stereocenters. The average molecular weight is 604 g/mol. The second kappa shape index (κ2) is 9.16. The van der Waals surface area contributed by atoms with Gasteiger partial charge in [-0.15, -0.1) is 0 Å². The van der Waals surface area contributed by atoms with Gasteiger partial charge in [0.1, 0.15) is 0 Å². The van der Waals surface area contributed by atoms with E-state index in [2.05, 4.69) is 113 Å². The fourth-order valence-corrected chi connectivity index (χ4v) is 6.09. The molecule has 0 saturated carbocycles. The number of hydrogen-bond acceptors (Lipinski definition) is 3. The molecule has 4 heteroatoms. The third kappa shape index (κ3) is 4.43. The van der Waals surface area contributed by atoms with Gasteiger partial charge in [-0.3, -0.25) is 4.98 Å². The van der Waals surface area contributed by atoms with Crippen molar-refractivity contribution in [2.45, 2.75) is 52.4 Å². The summed E-state index contributed by atoms with van der Waals surface area (Å²) in [4.78, 5) is 5.00. The van der Waals surface area contributed by atoms with Gasteiger partial charge in [0.15, 0.2) is 11.5 Å². The van der Waals surface area contributed by atoms with E-state index >= 15 is 0 Å². The molecule has 0 bridgehead atoms. The van der Waals surface area contributed by atoms with E-state index < -0.39 is 0 Å². The van der Waals surface area contributed by atoms with E-state index in [-0.39, 0.29) is 10.8 Å². The Morgan fingerprint density at radius 3 is 1.86 bits per heavy atom. The number of ether oxygens (including phenoxy) is 2. The maximum Gasteiger partial charge on any atom is 0.161 e. The van der Waals surface area contributed by atoms with Gasteiger partial charge in [0.25, 0.3) is 0 Å². The van der Waals surface area contributed by atoms with E-state index in [4.69, 9.17) is 14.5 Å². The van der Waals surface area contributed by atoms with Gasteiger partial charge in [-0.25, -0.2) is 0 Å². The van der Waals surface area contributed by atoms with Crippen molar-refractivity contribution in [1.82, 2.24) is 4.98 Å². The minimum absolute atomic E-state index is 0.0372. The molecule has 0 saturated heterocycles. The van der Waals surface area contributed by atoms with Gasteiger partial charge in [0, 0.05) is 26.1 Å². The Bertz CT molecular complexity index is 1660. The molecule has 190 valence electrons. The molecule has 3 nitrogen and oxygen atoms in total. The maximum absolute atomic E-state index is 5.68. The van der Waals surface area contributed by atoms with Crippen molar-refractivity contribution in [3.05, 3.63) is 75.5 Å². The van der Waals surface area contributed by atoms with E-state index in [0.717, 1.165) is 31.0 Å². The summed E-state index contributed by atoms with van der Waals surface area (Å²) >= 11 is 2.49. The van der Waals surface area contributed by atoms with Crippen LogP contribution in [0.1, 0.15) is 52.7 Å². The van der Waals surface area contributed by atoms with Crippen molar-refractivity contribution in [2.24, 2.45) is 0 Å². The monoisotopic (exact) mass is 603 g/mol. The van der Waals surface area contributed by atoms with E-state index in [9.17, 15) is 0 Å². The molecule has 0 unspecified atom stereocenters. The summed E-state index contributed by atoms with van der Waals surface area (Å²) in [5.74, 6) is 1.43. The molecular formula is C33H34INO2. The Labute approximate surface area is 233 Å². The van der Waals surface area contributed by atoms with Crippen LogP contribution in [0, 0.1) is 3.57 Å². The number of hydrogen-bond donors (Lipinski definition) is 0. The first-order chi connectivity index (χ1) is 17.4. The second-order valence-electron chi connectivity index (χ2n) is 11.8. The summed E-state index contributed by atoms with van der Waals surface area (Å²) < 4.78 is 12.4. The number of halogens is 1. The summed E-state index contributed by atoms with van der Waals surface area (Å²) in [6, 6.07) is 20.1. The normalized spacial score (nSPS) is 12.5. The molecule has 0 spiro atoms. The Balaban J connectivity index is 1.93. The summed E-state index contributed by atoms with van der Waals surface area (Å²) in [5.41, 5.74) is 6.25. The van der Waals surface area contributed by atoms with Crippen LogP contribution >= 0.6 is 22.6 Å². The highest BCUT2D eigenvalue weighted by molar-refractivity contribution is 14.1. The third-order valence-corrected chi connectivity index (χ3v) is 8.34. The van der Waals surface area contributed by atoms with Crippen LogP contribution in [0.15, 0.2) is 60.8 Å². The summed E-state index contributed by atoms with van der Waals surface area (Å²) in [6.45, 7) is 13.6. The molecule has 1 heterocycles. The first kappa shape index (κ1) is 25.8. The second-order valence-corrected chi connectivity index (χ2v) is 12.9. The zero-order valence-corrected chi connectivity index (χ0v) is 25.1. The average Bonchev–Trinajstić information content (AvgIpc) is 2.86. The molecule has 0 amide bonds. The number of methoxy groups -OCH3 is 2. The lowest BCUT2D eigenvalue weighted by atomic mass is 9.83. The van der Waals surface area contributed by atoms with Crippen LogP contribution in [0.3, 0.4) is 0 Å². The summed E-state index contributed by atoms with van der Waals surface area (Å²) in [5, 5.41) is 5.74. The van der Waals surface area contributed by atoms with Crippen molar-refractivity contribution in [3.63, 3.8) is 0 Å². The highest BCUT2D eigenvalue weighted by Crippen LogP contribution is 2.44. The van der Waals surface area contributed by atoms with Crippen LogP contribution in [0.2, 0.25) is 0 Å². The van der Waals surface area contributed by atoms with Crippen LogP contribution in [-0.4, -0.2) is 19.2 Å². The lowest BCUT2D eigenvalue weighted by Crippen LogP contribution is -2.11. The zero-order valence-electron chi connectivity index (χ0n) is 22.9. The molecule has 0 aliphatic rings. The predicted octanol–water partition coefficient (Wildman–Crippen LogP) is 9.42. The highest BCUT2D eigenvalue weighted by Gasteiger charge is 2.22. The lowest BCUT2D eigenvalue weighted by molar-refractivity contribution is 0.356. The predicted molar refractivity (Wildman–Crippen MR) is 165 cm³/mol. The maximum atomic E-state index is 5.68.